The van der Waals surface area contributed by atoms with E-state index < -0.39 is 5.82 Å². The van der Waals surface area contributed by atoms with Crippen LogP contribution in [0.15, 0.2) is 42.6 Å². The second kappa shape index (κ2) is 5.56. The van der Waals surface area contributed by atoms with Gasteiger partial charge in [0.1, 0.15) is 5.82 Å². The van der Waals surface area contributed by atoms with Crippen LogP contribution >= 0.6 is 0 Å². The number of carbonyl (C=O) groups excluding carboxylic acids is 1. The number of anilines is 2. The van der Waals surface area contributed by atoms with Crippen molar-refractivity contribution in [2.45, 2.75) is 12.8 Å². The molecule has 3 N–H and O–H groups in total. The molecule has 1 fully saturated rings. The number of aromatic nitrogens is 2. The first kappa shape index (κ1) is 14.6. The Balaban J connectivity index is 1.70. The van der Waals surface area contributed by atoms with Gasteiger partial charge in [-0.15, -0.1) is 0 Å². The highest BCUT2D eigenvalue weighted by atomic mass is 19.1. The molecule has 3 aromatic rings. The second-order valence-corrected chi connectivity index (χ2v) is 5.96. The van der Waals surface area contributed by atoms with E-state index >= 15 is 0 Å². The molecule has 0 atom stereocenters. The van der Waals surface area contributed by atoms with Crippen molar-refractivity contribution in [1.82, 2.24) is 9.97 Å². The predicted octanol–water partition coefficient (Wildman–Crippen LogP) is 3.37. The Bertz CT molecular complexity index is 953. The molecule has 0 unspecified atom stereocenters. The zero-order valence-electron chi connectivity index (χ0n) is 12.8. The average molecular weight is 322 g/mol. The quantitative estimate of drug-likeness (QED) is 0.774. The third-order valence-corrected chi connectivity index (χ3v) is 4.10. The van der Waals surface area contributed by atoms with E-state index in [1.807, 2.05) is 18.2 Å². The first-order chi connectivity index (χ1) is 11.6. The maximum Gasteiger partial charge on any atom is 0.227 e. The third kappa shape index (κ3) is 2.78. The maximum absolute atomic E-state index is 14.0. The molecule has 4 rings (SSSR count). The van der Waals surface area contributed by atoms with E-state index in [0.717, 1.165) is 34.9 Å². The molecule has 24 heavy (non-hydrogen) atoms. The molecule has 5 nitrogen and oxygen atoms in total. The third-order valence-electron chi connectivity index (χ3n) is 4.10. The van der Waals surface area contributed by atoms with Gasteiger partial charge in [0, 0.05) is 17.5 Å². The van der Waals surface area contributed by atoms with Crippen molar-refractivity contribution in [2.75, 3.05) is 11.1 Å². The Morgan fingerprint density at radius 3 is 2.71 bits per heavy atom. The number of amides is 1. The molecule has 2 aromatic carbocycles. The fourth-order valence-corrected chi connectivity index (χ4v) is 2.61. The molecular formula is C18H15FN4O. The van der Waals surface area contributed by atoms with Gasteiger partial charge in [-0.2, -0.15) is 0 Å². The van der Waals surface area contributed by atoms with Crippen molar-refractivity contribution in [1.29, 1.82) is 0 Å². The number of nitrogens with two attached hydrogens (primary N) is 1. The lowest BCUT2D eigenvalue weighted by atomic mass is 10.0. The summed E-state index contributed by atoms with van der Waals surface area (Å²) in [4.78, 5) is 20.0. The summed E-state index contributed by atoms with van der Waals surface area (Å²) < 4.78 is 14.0. The van der Waals surface area contributed by atoms with Crippen molar-refractivity contribution < 1.29 is 9.18 Å². The Kier molecular flexibility index (Phi) is 3.37. The highest BCUT2D eigenvalue weighted by Crippen LogP contribution is 2.32. The van der Waals surface area contributed by atoms with Gasteiger partial charge in [-0.3, -0.25) is 4.79 Å². The van der Waals surface area contributed by atoms with Crippen molar-refractivity contribution in [3.63, 3.8) is 0 Å². The molecule has 0 radical (unpaired) electrons. The van der Waals surface area contributed by atoms with E-state index in [9.17, 15) is 9.18 Å². The van der Waals surface area contributed by atoms with Crippen LogP contribution in [0.2, 0.25) is 0 Å². The number of nitrogens with zero attached hydrogens (tertiary/aromatic N) is 2. The minimum absolute atomic E-state index is 0.0244. The number of rotatable bonds is 3. The van der Waals surface area contributed by atoms with Crippen LogP contribution in [0.1, 0.15) is 12.8 Å². The number of halogens is 1. The largest absolute Gasteiger partial charge is 0.368 e. The molecule has 0 aliphatic heterocycles. The number of hydrogen-bond acceptors (Lipinski definition) is 4. The number of nitrogen functional groups attached to an aromatic ring is 1. The second-order valence-electron chi connectivity index (χ2n) is 5.96. The molecule has 1 heterocycles. The van der Waals surface area contributed by atoms with Crippen LogP contribution in [0.3, 0.4) is 0 Å². The molecule has 0 saturated heterocycles. The van der Waals surface area contributed by atoms with Gasteiger partial charge in [-0.25, -0.2) is 14.4 Å². The molecule has 1 amide bonds. The summed E-state index contributed by atoms with van der Waals surface area (Å²) >= 11 is 0. The topological polar surface area (TPSA) is 80.9 Å². The molecule has 1 saturated carbocycles. The van der Waals surface area contributed by atoms with Crippen LogP contribution in [-0.4, -0.2) is 15.9 Å². The van der Waals surface area contributed by atoms with Crippen LogP contribution in [-0.2, 0) is 4.79 Å². The molecule has 1 aromatic heterocycles. The highest BCUT2D eigenvalue weighted by molar-refractivity contribution is 5.95. The van der Waals surface area contributed by atoms with Crippen molar-refractivity contribution >= 4 is 28.4 Å². The minimum atomic E-state index is -0.440. The molecule has 6 heteroatoms. The summed E-state index contributed by atoms with van der Waals surface area (Å²) in [6, 6.07) is 10.3. The Morgan fingerprint density at radius 2 is 1.92 bits per heavy atom. The predicted molar refractivity (Wildman–Crippen MR) is 90.7 cm³/mol. The van der Waals surface area contributed by atoms with Gasteiger partial charge in [0.2, 0.25) is 11.9 Å². The van der Waals surface area contributed by atoms with E-state index in [0.29, 0.717) is 0 Å². The van der Waals surface area contributed by atoms with Gasteiger partial charge >= 0.3 is 0 Å². The minimum Gasteiger partial charge on any atom is -0.368 e. The fourth-order valence-electron chi connectivity index (χ4n) is 2.61. The summed E-state index contributed by atoms with van der Waals surface area (Å²) in [7, 11) is 0. The van der Waals surface area contributed by atoms with Gasteiger partial charge < -0.3 is 11.1 Å². The van der Waals surface area contributed by atoms with Gasteiger partial charge in [0.15, 0.2) is 0 Å². The molecule has 1 aliphatic rings. The van der Waals surface area contributed by atoms with Crippen LogP contribution in [0.25, 0.3) is 22.0 Å². The van der Waals surface area contributed by atoms with E-state index in [2.05, 4.69) is 15.3 Å². The van der Waals surface area contributed by atoms with E-state index in [-0.39, 0.29) is 23.5 Å². The fraction of sp³-hybridized carbons (Fsp3) is 0.167. The van der Waals surface area contributed by atoms with Crippen LogP contribution in [0.5, 0.6) is 0 Å². The van der Waals surface area contributed by atoms with Gasteiger partial charge in [0.25, 0.3) is 0 Å². The van der Waals surface area contributed by atoms with Crippen molar-refractivity contribution in [3.8, 4) is 11.1 Å². The Hall–Kier alpha value is -3.02. The van der Waals surface area contributed by atoms with Gasteiger partial charge in [-0.1, -0.05) is 12.1 Å². The summed E-state index contributed by atoms with van der Waals surface area (Å²) in [6.45, 7) is 0. The van der Waals surface area contributed by atoms with Gasteiger partial charge in [0.05, 0.1) is 11.2 Å². The molecule has 0 spiro atoms. The van der Waals surface area contributed by atoms with E-state index in [4.69, 9.17) is 5.73 Å². The first-order valence-corrected chi connectivity index (χ1v) is 7.73. The van der Waals surface area contributed by atoms with Crippen molar-refractivity contribution in [3.05, 3.63) is 48.4 Å². The maximum atomic E-state index is 14.0. The van der Waals surface area contributed by atoms with Crippen molar-refractivity contribution in [2.24, 2.45) is 5.92 Å². The number of nitrogens with one attached hydrogen (secondary N) is 1. The molecular weight excluding hydrogens is 307 g/mol. The lowest BCUT2D eigenvalue weighted by Gasteiger charge is -2.09. The monoisotopic (exact) mass is 322 g/mol. The standard InChI is InChI=1S/C18H15FN4O/c19-14-5-3-12(8-16(14)22-17(24)10-1-2-10)11-4-6-15-13(7-11)9-21-18(20)23-15/h3-10H,1-2H2,(H,22,24)(H2,20,21,23). The van der Waals surface area contributed by atoms with Gasteiger partial charge in [-0.05, 0) is 48.2 Å². The average Bonchev–Trinajstić information content (AvgIpc) is 3.41. The SMILES string of the molecule is Nc1ncc2cc(-c3ccc(F)c(NC(=O)C4CC4)c3)ccc2n1. The number of fused-ring (bicyclic) bond motifs is 1. The lowest BCUT2D eigenvalue weighted by Crippen LogP contribution is -2.14. The first-order valence-electron chi connectivity index (χ1n) is 7.73. The number of benzene rings is 2. The van der Waals surface area contributed by atoms with Crippen LogP contribution in [0, 0.1) is 11.7 Å². The smallest absolute Gasteiger partial charge is 0.227 e. The normalized spacial score (nSPS) is 13.9. The summed E-state index contributed by atoms with van der Waals surface area (Å²) in [6.07, 6.45) is 3.41. The van der Waals surface area contributed by atoms with E-state index in [1.165, 1.54) is 6.07 Å². The Labute approximate surface area is 137 Å². The van der Waals surface area contributed by atoms with Crippen LogP contribution < -0.4 is 11.1 Å². The lowest BCUT2D eigenvalue weighted by molar-refractivity contribution is -0.117. The Morgan fingerprint density at radius 1 is 1.17 bits per heavy atom. The summed E-state index contributed by atoms with van der Waals surface area (Å²) in [5, 5.41) is 3.51. The highest BCUT2D eigenvalue weighted by Gasteiger charge is 2.30. The zero-order valence-corrected chi connectivity index (χ0v) is 12.8. The van der Waals surface area contributed by atoms with E-state index in [1.54, 1.807) is 18.3 Å². The molecule has 120 valence electrons. The zero-order chi connectivity index (χ0) is 16.7. The summed E-state index contributed by atoms with van der Waals surface area (Å²) in [5.41, 5.74) is 8.23. The molecule has 1 aliphatic carbocycles. The molecule has 0 bridgehead atoms. The number of carbonyl (C=O) groups is 1. The van der Waals surface area contributed by atoms with Crippen LogP contribution in [0.4, 0.5) is 16.0 Å². The number of hydrogen-bond donors (Lipinski definition) is 2. The summed E-state index contributed by atoms with van der Waals surface area (Å²) in [5.74, 6) is -0.309.